The zero-order valence-corrected chi connectivity index (χ0v) is 15.9. The average molecular weight is 396 g/mol. The number of fused-ring (bicyclic) bond motifs is 1. The molecular weight excluding hydrogens is 372 g/mol. The van der Waals surface area contributed by atoms with Crippen LogP contribution in [-0.2, 0) is 14.4 Å². The molecule has 0 radical (unpaired) electrons. The fourth-order valence-corrected chi connectivity index (χ4v) is 4.85. The van der Waals surface area contributed by atoms with Crippen molar-refractivity contribution in [2.75, 3.05) is 18.8 Å². The predicted molar refractivity (Wildman–Crippen MR) is 97.9 cm³/mol. The lowest BCUT2D eigenvalue weighted by Gasteiger charge is -2.47. The van der Waals surface area contributed by atoms with Gasteiger partial charge < -0.3 is 26.2 Å². The summed E-state index contributed by atoms with van der Waals surface area (Å²) in [4.78, 5) is 37.6. The third kappa shape index (κ3) is 4.26. The van der Waals surface area contributed by atoms with E-state index in [9.17, 15) is 24.6 Å². The maximum absolute atomic E-state index is 12.4. The highest BCUT2D eigenvalue weighted by Crippen LogP contribution is 2.51. The highest BCUT2D eigenvalue weighted by molar-refractivity contribution is 8.03. The zero-order valence-electron chi connectivity index (χ0n) is 15.1. The smallest absolute Gasteiger partial charge is 0.353 e. The molecule has 2 amide bonds. The van der Waals surface area contributed by atoms with Gasteiger partial charge in [0.25, 0.3) is 0 Å². The second kappa shape index (κ2) is 9.21. The minimum absolute atomic E-state index is 0.0666. The van der Waals surface area contributed by atoms with Crippen LogP contribution >= 0.6 is 11.8 Å². The molecule has 0 bridgehead atoms. The van der Waals surface area contributed by atoms with Crippen LogP contribution in [0.5, 0.6) is 0 Å². The fraction of sp³-hybridized carbons (Fsp3) is 0.647. The molecule has 4 atom stereocenters. The van der Waals surface area contributed by atoms with Crippen molar-refractivity contribution >= 4 is 29.5 Å². The largest absolute Gasteiger partial charge is 0.477 e. The number of nitrogens with two attached hydrogens (primary N) is 1. The summed E-state index contributed by atoms with van der Waals surface area (Å²) in [7, 11) is 0. The Balaban J connectivity index is 2.23. The van der Waals surface area contributed by atoms with E-state index in [1.165, 1.54) is 23.6 Å². The van der Waals surface area contributed by atoms with Crippen LogP contribution in [0.1, 0.15) is 26.2 Å². The van der Waals surface area contributed by atoms with Crippen molar-refractivity contribution in [3.63, 3.8) is 0 Å². The van der Waals surface area contributed by atoms with Crippen LogP contribution in [0.4, 0.5) is 0 Å². The van der Waals surface area contributed by atoms with Gasteiger partial charge in [0.05, 0.1) is 24.1 Å². The lowest BCUT2D eigenvalue weighted by molar-refractivity contribution is -0.163. The van der Waals surface area contributed by atoms with E-state index in [2.05, 4.69) is 5.32 Å². The number of aliphatic hydroxyl groups is 1. The number of carboxylic acids is 1. The lowest BCUT2D eigenvalue weighted by atomic mass is 9.77. The molecule has 2 aliphatic rings. The van der Waals surface area contributed by atoms with Crippen LogP contribution in [0.3, 0.4) is 0 Å². The number of nitriles is 1. The van der Waals surface area contributed by atoms with E-state index in [0.717, 1.165) is 0 Å². The van der Waals surface area contributed by atoms with Crippen molar-refractivity contribution in [1.29, 1.82) is 5.26 Å². The predicted octanol–water partition coefficient (Wildman–Crippen LogP) is -0.378. The molecule has 0 saturated carbocycles. The van der Waals surface area contributed by atoms with Gasteiger partial charge in [-0.05, 0) is 13.3 Å². The van der Waals surface area contributed by atoms with Crippen LogP contribution in [-0.4, -0.2) is 63.9 Å². The van der Waals surface area contributed by atoms with Gasteiger partial charge in [-0.25, -0.2) is 4.79 Å². The molecule has 0 aromatic rings. The topological polar surface area (TPSA) is 157 Å². The van der Waals surface area contributed by atoms with Gasteiger partial charge in [-0.1, -0.05) is 0 Å². The fourth-order valence-electron chi connectivity index (χ4n) is 3.64. The number of nitrogens with zero attached hydrogens (tertiary/aromatic N) is 2. The Morgan fingerprint density at radius 1 is 1.48 bits per heavy atom. The van der Waals surface area contributed by atoms with Crippen molar-refractivity contribution in [3.8, 4) is 6.07 Å². The van der Waals surface area contributed by atoms with E-state index in [1.54, 1.807) is 0 Å². The minimum atomic E-state index is -1.20. The van der Waals surface area contributed by atoms with Crippen LogP contribution in [0.2, 0.25) is 0 Å². The van der Waals surface area contributed by atoms with Crippen molar-refractivity contribution in [2.24, 2.45) is 17.6 Å². The number of nitrogens with one attached hydrogen (secondary N) is 1. The number of carbonyl (C=O) groups excluding carboxylic acids is 2. The molecule has 0 aromatic carbocycles. The Kier molecular flexibility index (Phi) is 7.24. The molecule has 2 aliphatic heterocycles. The quantitative estimate of drug-likeness (QED) is 0.287. The van der Waals surface area contributed by atoms with E-state index in [0.29, 0.717) is 23.6 Å². The van der Waals surface area contributed by atoms with Gasteiger partial charge in [-0.15, -0.1) is 11.8 Å². The van der Waals surface area contributed by atoms with Gasteiger partial charge in [0, 0.05) is 42.5 Å². The monoisotopic (exact) mass is 396 g/mol. The molecule has 0 aromatic heterocycles. The van der Waals surface area contributed by atoms with Gasteiger partial charge in [-0.3, -0.25) is 9.59 Å². The first-order valence-electron chi connectivity index (χ1n) is 8.80. The van der Waals surface area contributed by atoms with E-state index in [4.69, 9.17) is 11.0 Å². The summed E-state index contributed by atoms with van der Waals surface area (Å²) >= 11 is 1.25. The van der Waals surface area contributed by atoms with Crippen molar-refractivity contribution in [2.45, 2.75) is 38.3 Å². The molecule has 0 spiro atoms. The van der Waals surface area contributed by atoms with Gasteiger partial charge in [0.15, 0.2) is 0 Å². The molecule has 1 saturated heterocycles. The second-order valence-corrected chi connectivity index (χ2v) is 7.66. The number of β-lactam (4-membered cyclic amide) rings is 1. The Bertz CT molecular complexity index is 687. The van der Waals surface area contributed by atoms with E-state index in [1.807, 2.05) is 6.07 Å². The van der Waals surface area contributed by atoms with E-state index < -0.39 is 29.9 Å². The maximum atomic E-state index is 12.4. The van der Waals surface area contributed by atoms with Gasteiger partial charge in [-0.2, -0.15) is 5.26 Å². The average Bonchev–Trinajstić information content (AvgIpc) is 2.85. The number of thioether (sulfide) groups is 1. The molecule has 10 heteroatoms. The first-order chi connectivity index (χ1) is 12.8. The number of aliphatic carboxylic acids is 1. The van der Waals surface area contributed by atoms with Crippen molar-refractivity contribution in [1.82, 2.24) is 10.2 Å². The van der Waals surface area contributed by atoms with Gasteiger partial charge in [0.1, 0.15) is 5.70 Å². The molecule has 0 aliphatic carbocycles. The number of rotatable bonds is 10. The number of carbonyl (C=O) groups is 3. The highest BCUT2D eigenvalue weighted by Gasteiger charge is 2.60. The number of aliphatic hydroxyl groups excluding tert-OH is 1. The summed E-state index contributed by atoms with van der Waals surface area (Å²) in [5.41, 5.74) is 5.28. The van der Waals surface area contributed by atoms with Crippen LogP contribution in [0.25, 0.3) is 0 Å². The normalized spacial score (nSPS) is 24.9. The standard InChI is InChI=1S/C17H24N4O5S/c1-9(22)12-13-10(4-7-20-11(23)3-6-19)15(27-8-2-5-18)14(17(25)26)21(13)16(12)24/h9-10,12-13,22H,2-4,6-8,19H2,1H3,(H,20,23)(H,25,26)/t9-,10-,12-,13?/m1/s1. The number of hydrogen-bond acceptors (Lipinski definition) is 7. The molecule has 148 valence electrons. The Morgan fingerprint density at radius 2 is 2.19 bits per heavy atom. The van der Waals surface area contributed by atoms with Crippen LogP contribution in [0.15, 0.2) is 10.6 Å². The third-order valence-electron chi connectivity index (χ3n) is 4.75. The van der Waals surface area contributed by atoms with Crippen molar-refractivity contribution < 1.29 is 24.6 Å². The van der Waals surface area contributed by atoms with Crippen LogP contribution in [0, 0.1) is 23.2 Å². The number of carboxylic acid groups (broad SMARTS) is 1. The first kappa shape index (κ1) is 21.2. The molecule has 5 N–H and O–H groups in total. The molecule has 1 unspecified atom stereocenters. The summed E-state index contributed by atoms with van der Waals surface area (Å²) in [6.45, 7) is 2.06. The number of hydrogen-bond donors (Lipinski definition) is 4. The Hall–Kier alpha value is -2.09. The highest BCUT2D eigenvalue weighted by atomic mass is 32.2. The molecular formula is C17H24N4O5S. The van der Waals surface area contributed by atoms with E-state index >= 15 is 0 Å². The second-order valence-electron chi connectivity index (χ2n) is 6.52. The van der Waals surface area contributed by atoms with Gasteiger partial charge >= 0.3 is 5.97 Å². The molecule has 1 fully saturated rings. The molecule has 2 rings (SSSR count). The maximum Gasteiger partial charge on any atom is 0.353 e. The minimum Gasteiger partial charge on any atom is -0.477 e. The Labute approximate surface area is 161 Å². The number of amides is 2. The van der Waals surface area contributed by atoms with E-state index in [-0.39, 0.29) is 36.9 Å². The third-order valence-corrected chi connectivity index (χ3v) is 5.97. The molecule has 9 nitrogen and oxygen atoms in total. The molecule has 27 heavy (non-hydrogen) atoms. The van der Waals surface area contributed by atoms with Crippen molar-refractivity contribution in [3.05, 3.63) is 10.6 Å². The SMILES string of the molecule is C[C@@H](O)[C@H]1C(=O)N2C(C(=O)O)=C(SCCC#N)[C@H](CCNC(=O)CCN)C12. The summed E-state index contributed by atoms with van der Waals surface area (Å²) in [6.07, 6.45) is -0.0136. The zero-order chi connectivity index (χ0) is 20.1. The van der Waals surface area contributed by atoms with Gasteiger partial charge in [0.2, 0.25) is 11.8 Å². The van der Waals surface area contributed by atoms with Crippen LogP contribution < -0.4 is 11.1 Å². The Morgan fingerprint density at radius 3 is 2.74 bits per heavy atom. The first-order valence-corrected chi connectivity index (χ1v) is 9.78. The summed E-state index contributed by atoms with van der Waals surface area (Å²) in [5, 5.41) is 31.1. The summed E-state index contributed by atoms with van der Waals surface area (Å²) in [6, 6.07) is 1.57. The lowest BCUT2D eigenvalue weighted by Crippen LogP contribution is -2.64. The summed E-state index contributed by atoms with van der Waals surface area (Å²) in [5.74, 6) is -2.36. The molecule has 2 heterocycles. The summed E-state index contributed by atoms with van der Waals surface area (Å²) < 4.78 is 0.